The summed E-state index contributed by atoms with van der Waals surface area (Å²) in [6.45, 7) is 1.97. The predicted molar refractivity (Wildman–Crippen MR) is 63.7 cm³/mol. The Balaban J connectivity index is 2.46. The number of hydrogen-bond acceptors (Lipinski definition) is 2. The topological polar surface area (TPSA) is 42.2 Å². The monoisotopic (exact) mass is 293 g/mol. The molecule has 1 heterocycles. The van der Waals surface area contributed by atoms with E-state index in [-0.39, 0.29) is 17.2 Å². The largest absolute Gasteiger partial charge is 0.452 e. The van der Waals surface area contributed by atoms with Gasteiger partial charge in [0.05, 0.1) is 11.8 Å². The average molecular weight is 295 g/mol. The summed E-state index contributed by atoms with van der Waals surface area (Å²) >= 11 is 9.03. The lowest BCUT2D eigenvalue weighted by Crippen LogP contribution is -2.32. The van der Waals surface area contributed by atoms with Crippen molar-refractivity contribution in [3.05, 3.63) is 23.1 Å². The number of alkyl halides is 1. The summed E-state index contributed by atoms with van der Waals surface area (Å²) in [5.74, 6) is -0.184. The van der Waals surface area contributed by atoms with Crippen LogP contribution in [0.5, 0.6) is 0 Å². The molecule has 1 N–H and O–H groups in total. The molecule has 5 heteroatoms. The van der Waals surface area contributed by atoms with Crippen LogP contribution >= 0.6 is 27.5 Å². The zero-order valence-corrected chi connectivity index (χ0v) is 10.8. The van der Waals surface area contributed by atoms with Crippen LogP contribution in [-0.2, 0) is 0 Å². The molecule has 0 saturated heterocycles. The highest BCUT2D eigenvalue weighted by Crippen LogP contribution is 2.16. The van der Waals surface area contributed by atoms with Crippen molar-refractivity contribution >= 4 is 33.4 Å². The van der Waals surface area contributed by atoms with Gasteiger partial charge in [-0.15, -0.1) is 0 Å². The summed E-state index contributed by atoms with van der Waals surface area (Å²) in [7, 11) is 0. The summed E-state index contributed by atoms with van der Waals surface area (Å²) in [6.07, 6.45) is 3.37. The molecule has 1 amide bonds. The lowest BCUT2D eigenvalue weighted by molar-refractivity contribution is 0.0938. The Morgan fingerprint density at radius 2 is 2.47 bits per heavy atom. The summed E-state index contributed by atoms with van der Waals surface area (Å²) in [5, 5.41) is 3.94. The number of carbonyl (C=O) groups excluding carboxylic acids is 1. The molecule has 0 aliphatic rings. The molecule has 1 rings (SSSR count). The van der Waals surface area contributed by atoms with E-state index in [1.807, 2.05) is 6.92 Å². The van der Waals surface area contributed by atoms with Crippen LogP contribution in [0.25, 0.3) is 0 Å². The lowest BCUT2D eigenvalue weighted by atomic mass is 10.2. The second kappa shape index (κ2) is 6.18. The molecule has 3 nitrogen and oxygen atoms in total. The number of halogens is 2. The zero-order chi connectivity index (χ0) is 11.3. The van der Waals surface area contributed by atoms with Gasteiger partial charge in [-0.05, 0) is 37.4 Å². The molecule has 0 aromatic carbocycles. The fourth-order valence-corrected chi connectivity index (χ4v) is 1.74. The van der Waals surface area contributed by atoms with Crippen LogP contribution in [0.3, 0.4) is 0 Å². The van der Waals surface area contributed by atoms with E-state index in [9.17, 15) is 4.79 Å². The molecule has 0 bridgehead atoms. The van der Waals surface area contributed by atoms with Crippen LogP contribution in [-0.4, -0.2) is 17.3 Å². The molecular weight excluding hydrogens is 281 g/mol. The molecule has 0 radical (unpaired) electrons. The Hall–Kier alpha value is -0.480. The zero-order valence-electron chi connectivity index (χ0n) is 8.43. The molecule has 0 aliphatic heterocycles. The molecule has 1 atom stereocenters. The van der Waals surface area contributed by atoms with Gasteiger partial charge in [0, 0.05) is 11.4 Å². The molecule has 1 aromatic rings. The number of rotatable bonds is 5. The molecule has 15 heavy (non-hydrogen) atoms. The van der Waals surface area contributed by atoms with Crippen molar-refractivity contribution in [2.24, 2.45) is 0 Å². The fourth-order valence-electron chi connectivity index (χ4n) is 1.21. The smallest absolute Gasteiger partial charge is 0.256 e. The van der Waals surface area contributed by atoms with Gasteiger partial charge in [-0.3, -0.25) is 4.79 Å². The highest BCUT2D eigenvalue weighted by atomic mass is 79.9. The van der Waals surface area contributed by atoms with Gasteiger partial charge in [-0.1, -0.05) is 15.9 Å². The summed E-state index contributed by atoms with van der Waals surface area (Å²) in [4.78, 5) is 11.6. The van der Waals surface area contributed by atoms with E-state index in [2.05, 4.69) is 21.2 Å². The molecule has 0 saturated carbocycles. The summed E-state index contributed by atoms with van der Waals surface area (Å²) in [6, 6.07) is 1.70. The third kappa shape index (κ3) is 3.87. The van der Waals surface area contributed by atoms with Crippen LogP contribution in [0.2, 0.25) is 5.22 Å². The molecule has 0 spiro atoms. The van der Waals surface area contributed by atoms with Gasteiger partial charge in [0.2, 0.25) is 5.22 Å². The van der Waals surface area contributed by atoms with Gasteiger partial charge in [-0.25, -0.2) is 0 Å². The Bertz CT molecular complexity index is 327. The fraction of sp³-hybridized carbons (Fsp3) is 0.500. The minimum absolute atomic E-state index is 0.139. The van der Waals surface area contributed by atoms with Gasteiger partial charge < -0.3 is 9.73 Å². The molecule has 84 valence electrons. The third-order valence-corrected chi connectivity index (χ3v) is 2.86. The first-order valence-electron chi connectivity index (χ1n) is 4.75. The second-order valence-corrected chi connectivity index (χ2v) is 4.45. The molecule has 1 unspecified atom stereocenters. The van der Waals surface area contributed by atoms with Gasteiger partial charge in [0.25, 0.3) is 5.91 Å². The quantitative estimate of drug-likeness (QED) is 0.847. The van der Waals surface area contributed by atoms with Crippen molar-refractivity contribution in [1.29, 1.82) is 0 Å². The minimum Gasteiger partial charge on any atom is -0.452 e. The van der Waals surface area contributed by atoms with Crippen LogP contribution in [0.4, 0.5) is 0 Å². The van der Waals surface area contributed by atoms with E-state index >= 15 is 0 Å². The van der Waals surface area contributed by atoms with E-state index < -0.39 is 0 Å². The Morgan fingerprint density at radius 3 is 3.00 bits per heavy atom. The van der Waals surface area contributed by atoms with E-state index in [0.29, 0.717) is 5.56 Å². The Kier molecular flexibility index (Phi) is 5.19. The Morgan fingerprint density at radius 1 is 1.73 bits per heavy atom. The molecule has 0 aliphatic carbocycles. The van der Waals surface area contributed by atoms with Crippen molar-refractivity contribution in [3.8, 4) is 0 Å². The van der Waals surface area contributed by atoms with Crippen molar-refractivity contribution in [2.45, 2.75) is 25.8 Å². The summed E-state index contributed by atoms with van der Waals surface area (Å²) in [5.41, 5.74) is 0.391. The first-order chi connectivity index (χ1) is 7.15. The van der Waals surface area contributed by atoms with Gasteiger partial charge in [0.15, 0.2) is 0 Å². The number of amides is 1. The van der Waals surface area contributed by atoms with Crippen molar-refractivity contribution in [1.82, 2.24) is 5.32 Å². The normalized spacial score (nSPS) is 12.5. The van der Waals surface area contributed by atoms with Crippen molar-refractivity contribution in [2.75, 3.05) is 5.33 Å². The van der Waals surface area contributed by atoms with E-state index in [1.165, 1.54) is 6.26 Å². The predicted octanol–water partition coefficient (Wildman–Crippen LogP) is 3.23. The van der Waals surface area contributed by atoms with Crippen molar-refractivity contribution < 1.29 is 9.21 Å². The first kappa shape index (κ1) is 12.6. The number of nitrogens with one attached hydrogen (secondary N) is 1. The first-order valence-corrected chi connectivity index (χ1v) is 6.25. The summed E-state index contributed by atoms with van der Waals surface area (Å²) < 4.78 is 4.85. The lowest BCUT2D eigenvalue weighted by Gasteiger charge is -2.12. The number of furan rings is 1. The SMILES string of the molecule is CC(CCCBr)NC(=O)c1ccoc1Cl. The highest BCUT2D eigenvalue weighted by molar-refractivity contribution is 9.09. The van der Waals surface area contributed by atoms with Crippen LogP contribution < -0.4 is 5.32 Å². The molecule has 1 aromatic heterocycles. The van der Waals surface area contributed by atoms with E-state index in [1.54, 1.807) is 6.07 Å². The second-order valence-electron chi connectivity index (χ2n) is 3.31. The highest BCUT2D eigenvalue weighted by Gasteiger charge is 2.14. The number of carbonyl (C=O) groups is 1. The van der Waals surface area contributed by atoms with E-state index in [4.69, 9.17) is 16.0 Å². The third-order valence-electron chi connectivity index (χ3n) is 2.01. The van der Waals surface area contributed by atoms with Gasteiger partial charge in [0.1, 0.15) is 0 Å². The molecule has 0 fully saturated rings. The maximum Gasteiger partial charge on any atom is 0.256 e. The van der Waals surface area contributed by atoms with Crippen LogP contribution in [0, 0.1) is 0 Å². The van der Waals surface area contributed by atoms with Gasteiger partial charge in [-0.2, -0.15) is 0 Å². The Labute approximate surface area is 102 Å². The number of hydrogen-bond donors (Lipinski definition) is 1. The molecular formula is C10H13BrClNO2. The standard InChI is InChI=1S/C10H13BrClNO2/c1-7(3-2-5-11)13-10(14)8-4-6-15-9(8)12/h4,6-7H,2-3,5H2,1H3,(H,13,14). The maximum absolute atomic E-state index is 11.6. The van der Waals surface area contributed by atoms with Crippen molar-refractivity contribution in [3.63, 3.8) is 0 Å². The van der Waals surface area contributed by atoms with E-state index in [0.717, 1.165) is 18.2 Å². The average Bonchev–Trinajstić information content (AvgIpc) is 2.61. The maximum atomic E-state index is 11.6. The van der Waals surface area contributed by atoms with Crippen LogP contribution in [0.15, 0.2) is 16.7 Å². The van der Waals surface area contributed by atoms with Crippen LogP contribution in [0.1, 0.15) is 30.1 Å². The van der Waals surface area contributed by atoms with Gasteiger partial charge >= 0.3 is 0 Å². The minimum atomic E-state index is -0.184.